The highest BCUT2D eigenvalue weighted by atomic mass is 19.1. The summed E-state index contributed by atoms with van der Waals surface area (Å²) in [5, 5.41) is 0. The van der Waals surface area contributed by atoms with E-state index in [2.05, 4.69) is 0 Å². The van der Waals surface area contributed by atoms with Crippen LogP contribution in [-0.4, -0.2) is 56.7 Å². The van der Waals surface area contributed by atoms with E-state index in [1.54, 1.807) is 26.4 Å². The smallest absolute Gasteiger partial charge is 0.179 e. The van der Waals surface area contributed by atoms with Gasteiger partial charge in [0.05, 0.1) is 24.3 Å². The number of carbonyl (C=O) groups excluding carboxylic acids is 1. The summed E-state index contributed by atoms with van der Waals surface area (Å²) in [4.78, 5) is 14.0. The van der Waals surface area contributed by atoms with Gasteiger partial charge in [-0.2, -0.15) is 0 Å². The minimum atomic E-state index is -0.474. The Kier molecular flexibility index (Phi) is 4.63. The van der Waals surface area contributed by atoms with E-state index in [4.69, 9.17) is 9.47 Å². The molecular formula is C14H18FNO3. The number of halogens is 1. The van der Waals surface area contributed by atoms with E-state index in [9.17, 15) is 9.18 Å². The molecule has 19 heavy (non-hydrogen) atoms. The SMILES string of the molecule is COC1CN(CC(=O)c2ccccc2F)CC1OC. The number of carbonyl (C=O) groups is 1. The third-order valence-corrected chi connectivity index (χ3v) is 3.44. The summed E-state index contributed by atoms with van der Waals surface area (Å²) in [7, 11) is 3.25. The quantitative estimate of drug-likeness (QED) is 0.755. The van der Waals surface area contributed by atoms with Crippen LogP contribution < -0.4 is 0 Å². The van der Waals surface area contributed by atoms with Gasteiger partial charge in [0.25, 0.3) is 0 Å². The molecule has 0 aromatic heterocycles. The second kappa shape index (κ2) is 6.23. The molecule has 1 aliphatic heterocycles. The highest BCUT2D eigenvalue weighted by Gasteiger charge is 2.33. The Hall–Kier alpha value is -1.30. The van der Waals surface area contributed by atoms with Gasteiger partial charge in [-0.15, -0.1) is 0 Å². The Morgan fingerprint density at radius 1 is 1.26 bits per heavy atom. The predicted molar refractivity (Wildman–Crippen MR) is 68.8 cm³/mol. The van der Waals surface area contributed by atoms with Crippen molar-refractivity contribution in [3.05, 3.63) is 35.6 Å². The second-order valence-corrected chi connectivity index (χ2v) is 4.65. The number of likely N-dealkylation sites (tertiary alicyclic amines) is 1. The molecule has 1 aromatic carbocycles. The molecule has 5 heteroatoms. The van der Waals surface area contributed by atoms with Gasteiger partial charge in [-0.3, -0.25) is 9.69 Å². The van der Waals surface area contributed by atoms with Crippen molar-refractivity contribution in [2.75, 3.05) is 33.9 Å². The first-order valence-electron chi connectivity index (χ1n) is 6.21. The molecule has 104 valence electrons. The average molecular weight is 267 g/mol. The summed E-state index contributed by atoms with van der Waals surface area (Å²) >= 11 is 0. The van der Waals surface area contributed by atoms with E-state index in [0.717, 1.165) is 0 Å². The Bertz CT molecular complexity index is 440. The first kappa shape index (κ1) is 14.1. The first-order chi connectivity index (χ1) is 9.15. The van der Waals surface area contributed by atoms with E-state index in [1.807, 2.05) is 4.90 Å². The molecule has 0 amide bonds. The van der Waals surface area contributed by atoms with Crippen LogP contribution in [0.5, 0.6) is 0 Å². The van der Waals surface area contributed by atoms with E-state index in [1.165, 1.54) is 12.1 Å². The topological polar surface area (TPSA) is 38.8 Å². The van der Waals surface area contributed by atoms with E-state index in [0.29, 0.717) is 13.1 Å². The number of Topliss-reactive ketones (excluding diaryl/α,β-unsaturated/α-hetero) is 1. The van der Waals surface area contributed by atoms with Crippen LogP contribution in [0.2, 0.25) is 0 Å². The summed E-state index contributed by atoms with van der Waals surface area (Å²) in [5.74, 6) is -0.692. The van der Waals surface area contributed by atoms with Crippen molar-refractivity contribution in [1.29, 1.82) is 0 Å². The van der Waals surface area contributed by atoms with Crippen molar-refractivity contribution in [1.82, 2.24) is 4.90 Å². The van der Waals surface area contributed by atoms with Gasteiger partial charge in [-0.05, 0) is 12.1 Å². The van der Waals surface area contributed by atoms with Crippen molar-refractivity contribution >= 4 is 5.78 Å². The van der Waals surface area contributed by atoms with Gasteiger partial charge in [0.1, 0.15) is 5.82 Å². The molecule has 0 aliphatic carbocycles. The van der Waals surface area contributed by atoms with Crippen LogP contribution in [0.25, 0.3) is 0 Å². The van der Waals surface area contributed by atoms with Crippen LogP contribution in [0.1, 0.15) is 10.4 Å². The minimum Gasteiger partial charge on any atom is -0.377 e. The maximum atomic E-state index is 13.5. The van der Waals surface area contributed by atoms with Crippen LogP contribution in [0.4, 0.5) is 4.39 Å². The van der Waals surface area contributed by atoms with Gasteiger partial charge in [-0.1, -0.05) is 12.1 Å². The van der Waals surface area contributed by atoms with Gasteiger partial charge in [-0.25, -0.2) is 4.39 Å². The molecule has 1 aromatic rings. The predicted octanol–water partition coefficient (Wildman–Crippen LogP) is 1.35. The zero-order valence-electron chi connectivity index (χ0n) is 11.1. The van der Waals surface area contributed by atoms with Crippen LogP contribution in [0.3, 0.4) is 0 Å². The molecule has 0 radical (unpaired) electrons. The molecule has 1 saturated heterocycles. The molecule has 2 unspecified atom stereocenters. The average Bonchev–Trinajstić information content (AvgIpc) is 2.81. The first-order valence-corrected chi connectivity index (χ1v) is 6.21. The summed E-state index contributed by atoms with van der Waals surface area (Å²) in [5.41, 5.74) is 0.136. The van der Waals surface area contributed by atoms with Gasteiger partial charge < -0.3 is 9.47 Å². The standard InChI is InChI=1S/C14H18FNO3/c1-18-13-8-16(9-14(13)19-2)7-12(17)10-5-3-4-6-11(10)15/h3-6,13-14H,7-9H2,1-2H3. The summed E-state index contributed by atoms with van der Waals surface area (Å²) in [6.07, 6.45) is -0.0863. The molecule has 0 N–H and O–H groups in total. The zero-order valence-corrected chi connectivity index (χ0v) is 11.1. The van der Waals surface area contributed by atoms with Gasteiger partial charge >= 0.3 is 0 Å². The molecule has 4 nitrogen and oxygen atoms in total. The third kappa shape index (κ3) is 3.18. The van der Waals surface area contributed by atoms with Crippen molar-refractivity contribution < 1.29 is 18.7 Å². The zero-order chi connectivity index (χ0) is 13.8. The highest BCUT2D eigenvalue weighted by molar-refractivity contribution is 5.97. The number of rotatable bonds is 5. The Balaban J connectivity index is 1.99. The maximum Gasteiger partial charge on any atom is 0.179 e. The van der Waals surface area contributed by atoms with Crippen LogP contribution in [-0.2, 0) is 9.47 Å². The summed E-state index contributed by atoms with van der Waals surface area (Å²) < 4.78 is 24.1. The lowest BCUT2D eigenvalue weighted by atomic mass is 10.1. The van der Waals surface area contributed by atoms with E-state index >= 15 is 0 Å². The number of ketones is 1. The normalized spacial score (nSPS) is 23.7. The second-order valence-electron chi connectivity index (χ2n) is 4.65. The number of ether oxygens (including phenoxy) is 2. The lowest BCUT2D eigenvalue weighted by Crippen LogP contribution is -2.29. The lowest BCUT2D eigenvalue weighted by Gasteiger charge is -2.14. The van der Waals surface area contributed by atoms with Crippen molar-refractivity contribution in [3.63, 3.8) is 0 Å². The molecule has 0 spiro atoms. The number of hydrogen-bond donors (Lipinski definition) is 0. The van der Waals surface area contributed by atoms with Gasteiger partial charge in [0.15, 0.2) is 5.78 Å². The highest BCUT2D eigenvalue weighted by Crippen LogP contribution is 2.17. The molecule has 0 bridgehead atoms. The number of nitrogens with zero attached hydrogens (tertiary/aromatic N) is 1. The molecule has 1 heterocycles. The van der Waals surface area contributed by atoms with Gasteiger partial charge in [0, 0.05) is 27.3 Å². The fourth-order valence-electron chi connectivity index (χ4n) is 2.38. The van der Waals surface area contributed by atoms with Crippen molar-refractivity contribution in [2.45, 2.75) is 12.2 Å². The summed E-state index contributed by atoms with van der Waals surface area (Å²) in [6, 6.07) is 6.04. The molecule has 0 saturated carbocycles. The number of benzene rings is 1. The molecule has 1 fully saturated rings. The molecule has 2 rings (SSSR count). The largest absolute Gasteiger partial charge is 0.377 e. The van der Waals surface area contributed by atoms with Crippen LogP contribution in [0.15, 0.2) is 24.3 Å². The van der Waals surface area contributed by atoms with Crippen molar-refractivity contribution in [2.24, 2.45) is 0 Å². The van der Waals surface area contributed by atoms with Gasteiger partial charge in [0.2, 0.25) is 0 Å². The Labute approximate surface area is 112 Å². The lowest BCUT2D eigenvalue weighted by molar-refractivity contribution is -0.00461. The Morgan fingerprint density at radius 3 is 2.37 bits per heavy atom. The third-order valence-electron chi connectivity index (χ3n) is 3.44. The summed E-state index contributed by atoms with van der Waals surface area (Å²) in [6.45, 7) is 1.42. The van der Waals surface area contributed by atoms with Crippen LogP contribution in [0, 0.1) is 5.82 Å². The number of methoxy groups -OCH3 is 2. The fraction of sp³-hybridized carbons (Fsp3) is 0.500. The van der Waals surface area contributed by atoms with E-state index < -0.39 is 5.82 Å². The van der Waals surface area contributed by atoms with Crippen LogP contribution >= 0.6 is 0 Å². The molecule has 2 atom stereocenters. The van der Waals surface area contributed by atoms with Crippen molar-refractivity contribution in [3.8, 4) is 0 Å². The fourth-order valence-corrected chi connectivity index (χ4v) is 2.38. The molecule has 1 aliphatic rings. The maximum absolute atomic E-state index is 13.5. The number of hydrogen-bond acceptors (Lipinski definition) is 4. The monoisotopic (exact) mass is 267 g/mol. The minimum absolute atomic E-state index is 0.0431. The Morgan fingerprint density at radius 2 is 1.84 bits per heavy atom. The van der Waals surface area contributed by atoms with E-state index in [-0.39, 0.29) is 30.1 Å². The molecular weight excluding hydrogens is 249 g/mol.